The Morgan fingerprint density at radius 2 is 1.64 bits per heavy atom. The highest BCUT2D eigenvalue weighted by molar-refractivity contribution is 7.09. The van der Waals surface area contributed by atoms with Gasteiger partial charge >= 0.3 is 0 Å². The molecule has 0 unspecified atom stereocenters. The second kappa shape index (κ2) is 8.55. The van der Waals surface area contributed by atoms with Crippen molar-refractivity contribution < 1.29 is 9.50 Å². The Kier molecular flexibility index (Phi) is 6.08. The van der Waals surface area contributed by atoms with E-state index in [9.17, 15) is 9.50 Å². The number of piperazine rings is 1. The molecule has 152 valence electrons. The van der Waals surface area contributed by atoms with Crippen molar-refractivity contribution in [3.63, 3.8) is 0 Å². The summed E-state index contributed by atoms with van der Waals surface area (Å²) in [5, 5.41) is 14.3. The molecular weight excluding hydrogens is 375 g/mol. The van der Waals surface area contributed by atoms with E-state index in [0.717, 1.165) is 68.6 Å². The average Bonchev–Trinajstić information content (AvgIpc) is 3.17. The van der Waals surface area contributed by atoms with Gasteiger partial charge in [0.05, 0.1) is 12.2 Å². The molecular formula is C21H29FN4OS. The third-order valence-electron chi connectivity index (χ3n) is 5.99. The van der Waals surface area contributed by atoms with Gasteiger partial charge in [-0.25, -0.2) is 9.37 Å². The molecule has 0 spiro atoms. The minimum Gasteiger partial charge on any atom is -0.383 e. The standard InChI is InChI=1S/C21H29FN4OS/c1-24-10-12-26(13-11-24)15-20-23-19(16-28-20)21(27)6-8-25(9-7-21)14-17-2-4-18(22)5-3-17/h2-5,16,27H,6-15H2,1H3. The summed E-state index contributed by atoms with van der Waals surface area (Å²) in [6.45, 7) is 7.67. The molecule has 0 amide bonds. The van der Waals surface area contributed by atoms with Crippen LogP contribution in [0.15, 0.2) is 29.6 Å². The van der Waals surface area contributed by atoms with Crippen LogP contribution < -0.4 is 0 Å². The van der Waals surface area contributed by atoms with Crippen LogP contribution >= 0.6 is 11.3 Å². The van der Waals surface area contributed by atoms with E-state index in [-0.39, 0.29) is 5.82 Å². The maximum Gasteiger partial charge on any atom is 0.123 e. The van der Waals surface area contributed by atoms with Crippen molar-refractivity contribution >= 4 is 11.3 Å². The molecule has 5 nitrogen and oxygen atoms in total. The highest BCUT2D eigenvalue weighted by Crippen LogP contribution is 2.34. The second-order valence-electron chi connectivity index (χ2n) is 8.14. The lowest BCUT2D eigenvalue weighted by Crippen LogP contribution is -2.44. The molecule has 0 saturated carbocycles. The lowest BCUT2D eigenvalue weighted by Gasteiger charge is -2.37. The van der Waals surface area contributed by atoms with E-state index in [1.807, 2.05) is 17.5 Å². The minimum absolute atomic E-state index is 0.201. The molecule has 4 rings (SSSR count). The van der Waals surface area contributed by atoms with E-state index in [0.29, 0.717) is 12.8 Å². The van der Waals surface area contributed by atoms with Gasteiger partial charge in [-0.05, 0) is 37.6 Å². The number of nitrogens with zero attached hydrogens (tertiary/aromatic N) is 4. The third-order valence-corrected chi connectivity index (χ3v) is 6.82. The Labute approximate surface area is 170 Å². The van der Waals surface area contributed by atoms with Gasteiger partial charge in [-0.1, -0.05) is 12.1 Å². The van der Waals surface area contributed by atoms with Crippen LogP contribution in [0.25, 0.3) is 0 Å². The summed E-state index contributed by atoms with van der Waals surface area (Å²) < 4.78 is 13.1. The molecule has 2 aliphatic heterocycles. The van der Waals surface area contributed by atoms with Crippen molar-refractivity contribution in [1.82, 2.24) is 19.7 Å². The Balaban J connectivity index is 1.31. The van der Waals surface area contributed by atoms with Crippen LogP contribution in [0.4, 0.5) is 4.39 Å². The monoisotopic (exact) mass is 404 g/mol. The van der Waals surface area contributed by atoms with Crippen LogP contribution in [0.2, 0.25) is 0 Å². The highest BCUT2D eigenvalue weighted by atomic mass is 32.1. The van der Waals surface area contributed by atoms with Crippen molar-refractivity contribution in [3.8, 4) is 0 Å². The molecule has 7 heteroatoms. The number of piperidine rings is 1. The molecule has 2 aliphatic rings. The Bertz CT molecular complexity index is 765. The molecule has 3 heterocycles. The topological polar surface area (TPSA) is 42.8 Å². The van der Waals surface area contributed by atoms with Crippen molar-refractivity contribution in [2.24, 2.45) is 0 Å². The summed E-state index contributed by atoms with van der Waals surface area (Å²) in [4.78, 5) is 11.9. The quantitative estimate of drug-likeness (QED) is 0.830. The molecule has 1 N–H and O–H groups in total. The van der Waals surface area contributed by atoms with Gasteiger partial charge < -0.3 is 10.0 Å². The van der Waals surface area contributed by atoms with E-state index >= 15 is 0 Å². The van der Waals surface area contributed by atoms with E-state index in [2.05, 4.69) is 21.7 Å². The van der Waals surface area contributed by atoms with Crippen molar-refractivity contribution in [1.29, 1.82) is 0 Å². The zero-order valence-corrected chi connectivity index (χ0v) is 17.3. The molecule has 1 aromatic heterocycles. The third kappa shape index (κ3) is 4.78. The number of benzene rings is 1. The molecule has 0 radical (unpaired) electrons. The lowest BCUT2D eigenvalue weighted by molar-refractivity contribution is -0.0308. The largest absolute Gasteiger partial charge is 0.383 e. The van der Waals surface area contributed by atoms with Gasteiger partial charge in [0.15, 0.2) is 0 Å². The maximum absolute atomic E-state index is 13.1. The number of thiazole rings is 1. The van der Waals surface area contributed by atoms with Gasteiger partial charge in [-0.15, -0.1) is 11.3 Å². The first-order valence-corrected chi connectivity index (χ1v) is 10.9. The summed E-state index contributed by atoms with van der Waals surface area (Å²) in [6.07, 6.45) is 1.37. The zero-order valence-electron chi connectivity index (χ0n) is 16.5. The number of hydrogen-bond acceptors (Lipinski definition) is 6. The molecule has 0 aliphatic carbocycles. The van der Waals surface area contributed by atoms with Crippen LogP contribution in [-0.4, -0.2) is 71.1 Å². The van der Waals surface area contributed by atoms with Gasteiger partial charge in [0.25, 0.3) is 0 Å². The molecule has 2 aromatic rings. The SMILES string of the molecule is CN1CCN(Cc2nc(C3(O)CCN(Cc4ccc(F)cc4)CC3)cs2)CC1. The summed E-state index contributed by atoms with van der Waals surface area (Å²) >= 11 is 1.67. The summed E-state index contributed by atoms with van der Waals surface area (Å²) in [5.74, 6) is -0.201. The summed E-state index contributed by atoms with van der Waals surface area (Å²) in [5.41, 5.74) is 1.12. The van der Waals surface area contributed by atoms with Crippen molar-refractivity contribution in [2.75, 3.05) is 46.3 Å². The first-order chi connectivity index (χ1) is 13.5. The van der Waals surface area contributed by atoms with Gasteiger partial charge in [-0.2, -0.15) is 0 Å². The molecule has 0 atom stereocenters. The Morgan fingerprint density at radius 3 is 2.32 bits per heavy atom. The fourth-order valence-electron chi connectivity index (χ4n) is 3.98. The Morgan fingerprint density at radius 1 is 1.00 bits per heavy atom. The molecule has 1 aromatic carbocycles. The predicted molar refractivity (Wildman–Crippen MR) is 110 cm³/mol. The number of likely N-dealkylation sites (N-methyl/N-ethyl adjacent to an activating group) is 1. The molecule has 28 heavy (non-hydrogen) atoms. The van der Waals surface area contributed by atoms with Crippen LogP contribution in [-0.2, 0) is 18.7 Å². The van der Waals surface area contributed by atoms with Crippen LogP contribution in [0.1, 0.15) is 29.1 Å². The maximum atomic E-state index is 13.1. The molecule has 2 fully saturated rings. The lowest BCUT2D eigenvalue weighted by atomic mass is 9.88. The average molecular weight is 405 g/mol. The van der Waals surface area contributed by atoms with E-state index in [1.165, 1.54) is 12.1 Å². The zero-order chi connectivity index (χ0) is 19.6. The molecule has 0 bridgehead atoms. The van der Waals surface area contributed by atoms with Gasteiger partial charge in [0, 0.05) is 51.2 Å². The van der Waals surface area contributed by atoms with Crippen molar-refractivity contribution in [2.45, 2.75) is 31.5 Å². The fraction of sp³-hybridized carbons (Fsp3) is 0.571. The van der Waals surface area contributed by atoms with Gasteiger partial charge in [0.2, 0.25) is 0 Å². The normalized spacial score (nSPS) is 21.8. The summed E-state index contributed by atoms with van der Waals surface area (Å²) in [6, 6.07) is 6.68. The highest BCUT2D eigenvalue weighted by Gasteiger charge is 2.36. The van der Waals surface area contributed by atoms with Crippen LogP contribution in [0, 0.1) is 5.82 Å². The van der Waals surface area contributed by atoms with E-state index in [4.69, 9.17) is 4.98 Å². The number of aliphatic hydroxyl groups is 1. The molecule has 2 saturated heterocycles. The fourth-order valence-corrected chi connectivity index (χ4v) is 4.91. The second-order valence-corrected chi connectivity index (χ2v) is 9.08. The van der Waals surface area contributed by atoms with Crippen molar-refractivity contribution in [3.05, 3.63) is 51.7 Å². The van der Waals surface area contributed by atoms with E-state index in [1.54, 1.807) is 11.3 Å². The van der Waals surface area contributed by atoms with Crippen LogP contribution in [0.5, 0.6) is 0 Å². The van der Waals surface area contributed by atoms with E-state index < -0.39 is 5.60 Å². The van der Waals surface area contributed by atoms with Gasteiger partial charge in [0.1, 0.15) is 16.4 Å². The number of likely N-dealkylation sites (tertiary alicyclic amines) is 1. The number of aromatic nitrogens is 1. The number of halogens is 1. The minimum atomic E-state index is -0.823. The summed E-state index contributed by atoms with van der Waals surface area (Å²) in [7, 11) is 2.16. The van der Waals surface area contributed by atoms with Gasteiger partial charge in [-0.3, -0.25) is 9.80 Å². The number of rotatable bonds is 5. The smallest absolute Gasteiger partial charge is 0.123 e. The number of hydrogen-bond donors (Lipinski definition) is 1. The Hall–Kier alpha value is -1.38. The van der Waals surface area contributed by atoms with Crippen LogP contribution in [0.3, 0.4) is 0 Å². The first kappa shape index (κ1) is 19.9. The predicted octanol–water partition coefficient (Wildman–Crippen LogP) is 2.51. The first-order valence-electron chi connectivity index (χ1n) is 10.1.